The average molecular weight is 183 g/mol. The van der Waals surface area contributed by atoms with Crippen LogP contribution in [0, 0.1) is 11.3 Å². The van der Waals surface area contributed by atoms with E-state index in [1.54, 1.807) is 6.07 Å². The van der Waals surface area contributed by atoms with Crippen LogP contribution in [0.1, 0.15) is 17.7 Å². The fourth-order valence-electron chi connectivity index (χ4n) is 0.939. The summed E-state index contributed by atoms with van der Waals surface area (Å²) in [6.07, 6.45) is -1.50. The van der Waals surface area contributed by atoms with Crippen LogP contribution in [0.4, 0.5) is 14.5 Å². The zero-order chi connectivity index (χ0) is 9.84. The SMILES string of the molecule is N#CCc1ncc(N)cc1C(F)F. The number of nitrogens with two attached hydrogens (primary N) is 1. The van der Waals surface area contributed by atoms with Crippen molar-refractivity contribution in [2.75, 3.05) is 5.73 Å². The number of aromatic nitrogens is 1. The van der Waals surface area contributed by atoms with Crippen LogP contribution < -0.4 is 5.73 Å². The van der Waals surface area contributed by atoms with Crippen LogP contribution in [0.25, 0.3) is 0 Å². The van der Waals surface area contributed by atoms with Crippen molar-refractivity contribution in [3.8, 4) is 6.07 Å². The van der Waals surface area contributed by atoms with E-state index >= 15 is 0 Å². The van der Waals surface area contributed by atoms with Gasteiger partial charge in [-0.15, -0.1) is 0 Å². The van der Waals surface area contributed by atoms with Gasteiger partial charge in [0, 0.05) is 5.56 Å². The maximum Gasteiger partial charge on any atom is 0.265 e. The Hall–Kier alpha value is -1.70. The summed E-state index contributed by atoms with van der Waals surface area (Å²) in [6, 6.07) is 2.91. The van der Waals surface area contributed by atoms with E-state index in [0.29, 0.717) is 0 Å². The van der Waals surface area contributed by atoms with Crippen LogP contribution in [0.2, 0.25) is 0 Å². The molecule has 1 heterocycles. The number of halogens is 2. The zero-order valence-corrected chi connectivity index (χ0v) is 6.67. The molecule has 3 nitrogen and oxygen atoms in total. The van der Waals surface area contributed by atoms with Crippen molar-refractivity contribution in [3.05, 3.63) is 23.5 Å². The summed E-state index contributed by atoms with van der Waals surface area (Å²) in [4.78, 5) is 3.66. The highest BCUT2D eigenvalue weighted by Crippen LogP contribution is 2.23. The molecular formula is C8H7F2N3. The summed E-state index contributed by atoms with van der Waals surface area (Å²) in [5, 5.41) is 8.33. The van der Waals surface area contributed by atoms with Crippen molar-refractivity contribution in [2.45, 2.75) is 12.8 Å². The minimum atomic E-state index is -2.64. The molecule has 1 aromatic heterocycles. The van der Waals surface area contributed by atoms with Gasteiger partial charge in [-0.3, -0.25) is 4.98 Å². The monoisotopic (exact) mass is 183 g/mol. The van der Waals surface area contributed by atoms with Crippen molar-refractivity contribution < 1.29 is 8.78 Å². The molecule has 0 aliphatic carbocycles. The van der Waals surface area contributed by atoms with Gasteiger partial charge in [-0.25, -0.2) is 8.78 Å². The van der Waals surface area contributed by atoms with Gasteiger partial charge < -0.3 is 5.73 Å². The summed E-state index contributed by atoms with van der Waals surface area (Å²) in [7, 11) is 0. The van der Waals surface area contributed by atoms with Crippen LogP contribution in [0.3, 0.4) is 0 Å². The topological polar surface area (TPSA) is 62.7 Å². The Morgan fingerprint density at radius 1 is 1.62 bits per heavy atom. The van der Waals surface area contributed by atoms with Gasteiger partial charge in [-0.05, 0) is 6.07 Å². The Bertz CT molecular complexity index is 344. The van der Waals surface area contributed by atoms with Crippen molar-refractivity contribution >= 4 is 5.69 Å². The summed E-state index contributed by atoms with van der Waals surface area (Å²) in [6.45, 7) is 0. The molecule has 0 fully saturated rings. The summed E-state index contributed by atoms with van der Waals surface area (Å²) in [5.41, 5.74) is 5.29. The van der Waals surface area contributed by atoms with E-state index in [1.807, 2.05) is 0 Å². The highest BCUT2D eigenvalue weighted by Gasteiger charge is 2.13. The van der Waals surface area contributed by atoms with Crippen LogP contribution in [0.5, 0.6) is 0 Å². The molecular weight excluding hydrogens is 176 g/mol. The molecule has 0 aliphatic heterocycles. The van der Waals surface area contributed by atoms with E-state index in [0.717, 1.165) is 6.07 Å². The molecule has 68 valence electrons. The van der Waals surface area contributed by atoms with Crippen LogP contribution in [0.15, 0.2) is 12.3 Å². The van der Waals surface area contributed by atoms with Gasteiger partial charge in [0.25, 0.3) is 6.43 Å². The van der Waals surface area contributed by atoms with Crippen molar-refractivity contribution in [1.82, 2.24) is 4.98 Å². The lowest BCUT2D eigenvalue weighted by atomic mass is 10.1. The molecule has 2 N–H and O–H groups in total. The van der Waals surface area contributed by atoms with Crippen LogP contribution in [-0.2, 0) is 6.42 Å². The summed E-state index contributed by atoms with van der Waals surface area (Å²) < 4.78 is 24.7. The number of anilines is 1. The summed E-state index contributed by atoms with van der Waals surface area (Å²) >= 11 is 0. The third-order valence-corrected chi connectivity index (χ3v) is 1.51. The van der Waals surface area contributed by atoms with E-state index in [9.17, 15) is 8.78 Å². The van der Waals surface area contributed by atoms with E-state index in [1.165, 1.54) is 6.20 Å². The molecule has 0 bridgehead atoms. The third-order valence-electron chi connectivity index (χ3n) is 1.51. The molecule has 0 atom stereocenters. The second-order valence-corrected chi connectivity index (χ2v) is 2.44. The van der Waals surface area contributed by atoms with Gasteiger partial charge in [0.05, 0.1) is 30.1 Å². The normalized spacial score (nSPS) is 10.0. The average Bonchev–Trinajstić information content (AvgIpc) is 2.08. The molecule has 0 aromatic carbocycles. The van der Waals surface area contributed by atoms with Gasteiger partial charge in [0.15, 0.2) is 0 Å². The standard InChI is InChI=1S/C8H7F2N3/c9-8(10)6-3-5(12)4-13-7(6)1-2-11/h3-4,8H,1,12H2. The maximum atomic E-state index is 12.3. The van der Waals surface area contributed by atoms with Gasteiger partial charge in [0.2, 0.25) is 0 Å². The smallest absolute Gasteiger partial charge is 0.265 e. The van der Waals surface area contributed by atoms with E-state index in [4.69, 9.17) is 11.0 Å². The molecule has 0 amide bonds. The molecule has 1 rings (SSSR count). The minimum Gasteiger partial charge on any atom is -0.397 e. The summed E-state index contributed by atoms with van der Waals surface area (Å²) in [5.74, 6) is 0. The number of pyridine rings is 1. The Morgan fingerprint density at radius 3 is 2.85 bits per heavy atom. The molecule has 0 spiro atoms. The van der Waals surface area contributed by atoms with Crippen LogP contribution >= 0.6 is 0 Å². The quantitative estimate of drug-likeness (QED) is 0.758. The largest absolute Gasteiger partial charge is 0.397 e. The Morgan fingerprint density at radius 2 is 2.31 bits per heavy atom. The first kappa shape index (κ1) is 9.39. The Labute approximate surface area is 73.8 Å². The molecule has 0 saturated carbocycles. The number of hydrogen-bond acceptors (Lipinski definition) is 3. The Kier molecular flexibility index (Phi) is 2.75. The fraction of sp³-hybridized carbons (Fsp3) is 0.250. The van der Waals surface area contributed by atoms with Crippen LogP contribution in [-0.4, -0.2) is 4.98 Å². The lowest BCUT2D eigenvalue weighted by molar-refractivity contribution is 0.150. The number of nitrogens with zero attached hydrogens (tertiary/aromatic N) is 2. The highest BCUT2D eigenvalue weighted by molar-refractivity contribution is 5.41. The molecule has 5 heteroatoms. The number of hydrogen-bond donors (Lipinski definition) is 1. The predicted molar refractivity (Wildman–Crippen MR) is 42.9 cm³/mol. The second kappa shape index (κ2) is 3.81. The lowest BCUT2D eigenvalue weighted by Crippen LogP contribution is -1.99. The maximum absolute atomic E-state index is 12.3. The van der Waals surface area contributed by atoms with E-state index < -0.39 is 6.43 Å². The second-order valence-electron chi connectivity index (χ2n) is 2.44. The molecule has 0 saturated heterocycles. The number of alkyl halides is 2. The highest BCUT2D eigenvalue weighted by atomic mass is 19.3. The molecule has 0 unspecified atom stereocenters. The first-order valence-corrected chi connectivity index (χ1v) is 3.54. The lowest BCUT2D eigenvalue weighted by Gasteiger charge is -2.04. The zero-order valence-electron chi connectivity index (χ0n) is 6.67. The van der Waals surface area contributed by atoms with E-state index in [-0.39, 0.29) is 23.4 Å². The Balaban J connectivity index is 3.12. The molecule has 13 heavy (non-hydrogen) atoms. The van der Waals surface area contributed by atoms with Gasteiger partial charge in [0.1, 0.15) is 0 Å². The van der Waals surface area contributed by atoms with Crippen molar-refractivity contribution in [3.63, 3.8) is 0 Å². The molecule has 0 radical (unpaired) electrons. The van der Waals surface area contributed by atoms with Crippen molar-refractivity contribution in [2.24, 2.45) is 0 Å². The first-order chi connectivity index (χ1) is 6.15. The van der Waals surface area contributed by atoms with E-state index in [2.05, 4.69) is 4.98 Å². The number of nitriles is 1. The van der Waals surface area contributed by atoms with Gasteiger partial charge >= 0.3 is 0 Å². The molecule has 1 aromatic rings. The minimum absolute atomic E-state index is 0.0895. The van der Waals surface area contributed by atoms with Crippen molar-refractivity contribution in [1.29, 1.82) is 5.26 Å². The fourth-order valence-corrected chi connectivity index (χ4v) is 0.939. The molecule has 0 aliphatic rings. The van der Waals surface area contributed by atoms with Gasteiger partial charge in [-0.2, -0.15) is 5.26 Å². The number of rotatable bonds is 2. The predicted octanol–water partition coefficient (Wildman–Crippen LogP) is 1.67. The van der Waals surface area contributed by atoms with Gasteiger partial charge in [-0.1, -0.05) is 0 Å². The number of nitrogen functional groups attached to an aromatic ring is 1. The first-order valence-electron chi connectivity index (χ1n) is 3.54. The third kappa shape index (κ3) is 2.12.